The molecule has 0 unspecified atom stereocenters. The van der Waals surface area contributed by atoms with E-state index in [0.29, 0.717) is 6.54 Å². The highest BCUT2D eigenvalue weighted by Gasteiger charge is 2.11. The summed E-state index contributed by atoms with van der Waals surface area (Å²) < 4.78 is 16.2. The van der Waals surface area contributed by atoms with Crippen molar-refractivity contribution in [3.8, 4) is 0 Å². The topological polar surface area (TPSA) is 70.0 Å². The van der Waals surface area contributed by atoms with E-state index in [1.807, 2.05) is 6.92 Å². The van der Waals surface area contributed by atoms with Crippen molar-refractivity contribution in [3.05, 3.63) is 62.7 Å². The number of aryl methyl sites for hydroxylation is 1. The summed E-state index contributed by atoms with van der Waals surface area (Å²) >= 11 is 0. The largest absolute Gasteiger partial charge is 0.398 e. The molecule has 106 valence electrons. The Morgan fingerprint density at radius 3 is 2.65 bits per heavy atom. The summed E-state index contributed by atoms with van der Waals surface area (Å²) in [6, 6.07) is 5.58. The van der Waals surface area contributed by atoms with Crippen LogP contribution in [0.5, 0.6) is 0 Å². The highest BCUT2D eigenvalue weighted by molar-refractivity contribution is 5.47. The maximum atomic E-state index is 13.7. The molecule has 0 spiro atoms. The molecular formula is C14H16FN3O2. The molecule has 0 saturated carbocycles. The zero-order valence-corrected chi connectivity index (χ0v) is 11.2. The second kappa shape index (κ2) is 5.73. The van der Waals surface area contributed by atoms with Gasteiger partial charge in [0.25, 0.3) is 5.56 Å². The standard InChI is InChI=1S/C14H16FN3O2/c1-2-7-17-8-6-13(19)18(14(17)20)9-10-11(15)4-3-5-12(10)16/h3-6,8H,2,7,9,16H2,1H3. The maximum absolute atomic E-state index is 13.7. The molecule has 2 N–H and O–H groups in total. The fraction of sp³-hybridized carbons (Fsp3) is 0.286. The Balaban J connectivity index is 2.51. The fourth-order valence-corrected chi connectivity index (χ4v) is 2.01. The fourth-order valence-electron chi connectivity index (χ4n) is 2.01. The molecule has 5 nitrogen and oxygen atoms in total. The molecule has 0 radical (unpaired) electrons. The van der Waals surface area contributed by atoms with Crippen molar-refractivity contribution in [2.24, 2.45) is 0 Å². The number of anilines is 1. The van der Waals surface area contributed by atoms with Crippen LogP contribution in [0.4, 0.5) is 10.1 Å². The van der Waals surface area contributed by atoms with E-state index in [0.717, 1.165) is 11.0 Å². The van der Waals surface area contributed by atoms with Crippen LogP contribution in [0.25, 0.3) is 0 Å². The van der Waals surface area contributed by atoms with E-state index in [-0.39, 0.29) is 17.8 Å². The van der Waals surface area contributed by atoms with Crippen LogP contribution >= 0.6 is 0 Å². The first kappa shape index (κ1) is 14.0. The van der Waals surface area contributed by atoms with Gasteiger partial charge in [0, 0.05) is 30.1 Å². The number of nitrogens with two attached hydrogens (primary N) is 1. The molecule has 0 bridgehead atoms. The molecule has 0 aliphatic heterocycles. The van der Waals surface area contributed by atoms with E-state index < -0.39 is 17.1 Å². The second-order valence-electron chi connectivity index (χ2n) is 4.52. The van der Waals surface area contributed by atoms with Crippen LogP contribution in [0.2, 0.25) is 0 Å². The van der Waals surface area contributed by atoms with E-state index in [9.17, 15) is 14.0 Å². The summed E-state index contributed by atoms with van der Waals surface area (Å²) in [7, 11) is 0. The Morgan fingerprint density at radius 1 is 1.25 bits per heavy atom. The number of benzene rings is 1. The minimum atomic E-state index is -0.526. The third-order valence-electron chi connectivity index (χ3n) is 3.08. The third-order valence-corrected chi connectivity index (χ3v) is 3.08. The summed E-state index contributed by atoms with van der Waals surface area (Å²) in [6.45, 7) is 2.27. The summed E-state index contributed by atoms with van der Waals surface area (Å²) in [5.74, 6) is -0.526. The van der Waals surface area contributed by atoms with Gasteiger partial charge in [-0.05, 0) is 18.6 Å². The van der Waals surface area contributed by atoms with Crippen LogP contribution in [0, 0.1) is 5.82 Å². The van der Waals surface area contributed by atoms with Gasteiger partial charge in [-0.25, -0.2) is 9.18 Å². The number of aromatic nitrogens is 2. The molecule has 0 atom stereocenters. The molecule has 1 heterocycles. The number of hydrogen-bond acceptors (Lipinski definition) is 3. The molecule has 0 aliphatic carbocycles. The van der Waals surface area contributed by atoms with Gasteiger partial charge in [0.05, 0.1) is 6.54 Å². The van der Waals surface area contributed by atoms with Crippen molar-refractivity contribution >= 4 is 5.69 Å². The molecule has 2 aromatic rings. The van der Waals surface area contributed by atoms with E-state index >= 15 is 0 Å². The van der Waals surface area contributed by atoms with Gasteiger partial charge in [-0.15, -0.1) is 0 Å². The quantitative estimate of drug-likeness (QED) is 0.853. The maximum Gasteiger partial charge on any atom is 0.331 e. The first-order valence-corrected chi connectivity index (χ1v) is 6.37. The van der Waals surface area contributed by atoms with Crippen molar-refractivity contribution < 1.29 is 4.39 Å². The summed E-state index contributed by atoms with van der Waals surface area (Å²) in [6.07, 6.45) is 2.22. The minimum absolute atomic E-state index is 0.154. The molecule has 20 heavy (non-hydrogen) atoms. The minimum Gasteiger partial charge on any atom is -0.398 e. The summed E-state index contributed by atoms with van der Waals surface area (Å²) in [5, 5.41) is 0. The van der Waals surface area contributed by atoms with Crippen LogP contribution in [0.3, 0.4) is 0 Å². The Bertz CT molecular complexity index is 714. The lowest BCUT2D eigenvalue weighted by Gasteiger charge is -2.11. The Labute approximate surface area is 115 Å². The molecule has 6 heteroatoms. The van der Waals surface area contributed by atoms with E-state index in [1.54, 1.807) is 0 Å². The Kier molecular flexibility index (Phi) is 4.02. The zero-order valence-electron chi connectivity index (χ0n) is 11.2. The Morgan fingerprint density at radius 2 is 2.00 bits per heavy atom. The highest BCUT2D eigenvalue weighted by atomic mass is 19.1. The Hall–Kier alpha value is -2.37. The first-order chi connectivity index (χ1) is 9.54. The number of nitrogens with zero attached hydrogens (tertiary/aromatic N) is 2. The molecule has 0 fully saturated rings. The molecular weight excluding hydrogens is 261 g/mol. The normalized spacial score (nSPS) is 10.7. The molecule has 0 amide bonds. The van der Waals surface area contributed by atoms with Gasteiger partial charge in [-0.1, -0.05) is 13.0 Å². The van der Waals surface area contributed by atoms with Crippen LogP contribution in [-0.2, 0) is 13.1 Å². The van der Waals surface area contributed by atoms with Crippen LogP contribution in [0.15, 0.2) is 40.1 Å². The lowest BCUT2D eigenvalue weighted by Crippen LogP contribution is -2.39. The number of nitrogen functional groups attached to an aromatic ring is 1. The van der Waals surface area contributed by atoms with Gasteiger partial charge in [0.1, 0.15) is 5.82 Å². The average Bonchev–Trinajstić information content (AvgIpc) is 2.41. The predicted molar refractivity (Wildman–Crippen MR) is 75.2 cm³/mol. The number of hydrogen-bond donors (Lipinski definition) is 1. The molecule has 1 aromatic heterocycles. The van der Waals surface area contributed by atoms with Gasteiger partial charge >= 0.3 is 5.69 Å². The van der Waals surface area contributed by atoms with Crippen molar-refractivity contribution in [1.82, 2.24) is 9.13 Å². The van der Waals surface area contributed by atoms with Gasteiger partial charge in [0.15, 0.2) is 0 Å². The first-order valence-electron chi connectivity index (χ1n) is 6.37. The van der Waals surface area contributed by atoms with Crippen molar-refractivity contribution in [2.75, 3.05) is 5.73 Å². The molecule has 1 aromatic carbocycles. The SMILES string of the molecule is CCCn1ccc(=O)n(Cc2c(N)cccc2F)c1=O. The zero-order chi connectivity index (χ0) is 14.7. The van der Waals surface area contributed by atoms with Crippen molar-refractivity contribution in [3.63, 3.8) is 0 Å². The predicted octanol–water partition coefficient (Wildman–Crippen LogP) is 1.19. The third kappa shape index (κ3) is 2.64. The summed E-state index contributed by atoms with van der Waals surface area (Å²) in [5.41, 5.74) is 5.16. The molecule has 0 aliphatic rings. The van der Waals surface area contributed by atoms with E-state index in [2.05, 4.69) is 0 Å². The number of halogens is 1. The number of rotatable bonds is 4. The van der Waals surface area contributed by atoms with Gasteiger partial charge in [-0.3, -0.25) is 9.36 Å². The average molecular weight is 277 g/mol. The smallest absolute Gasteiger partial charge is 0.331 e. The lowest BCUT2D eigenvalue weighted by molar-refractivity contribution is 0.552. The summed E-state index contributed by atoms with van der Waals surface area (Å²) in [4.78, 5) is 24.0. The highest BCUT2D eigenvalue weighted by Crippen LogP contribution is 2.15. The van der Waals surface area contributed by atoms with Crippen LogP contribution in [-0.4, -0.2) is 9.13 Å². The van der Waals surface area contributed by atoms with Crippen molar-refractivity contribution in [1.29, 1.82) is 0 Å². The van der Waals surface area contributed by atoms with Gasteiger partial charge in [0.2, 0.25) is 0 Å². The van der Waals surface area contributed by atoms with Crippen LogP contribution in [0.1, 0.15) is 18.9 Å². The van der Waals surface area contributed by atoms with Crippen LogP contribution < -0.4 is 17.0 Å². The van der Waals surface area contributed by atoms with Crippen molar-refractivity contribution in [2.45, 2.75) is 26.4 Å². The monoisotopic (exact) mass is 277 g/mol. The lowest BCUT2D eigenvalue weighted by atomic mass is 10.1. The van der Waals surface area contributed by atoms with E-state index in [1.165, 1.54) is 35.0 Å². The van der Waals surface area contributed by atoms with E-state index in [4.69, 9.17) is 5.73 Å². The second-order valence-corrected chi connectivity index (χ2v) is 4.52. The van der Waals surface area contributed by atoms with Gasteiger partial charge < -0.3 is 10.3 Å². The molecule has 2 rings (SSSR count). The van der Waals surface area contributed by atoms with Gasteiger partial charge in [-0.2, -0.15) is 0 Å². The molecule has 0 saturated heterocycles.